The second-order valence-corrected chi connectivity index (χ2v) is 5.85. The van der Waals surface area contributed by atoms with E-state index in [1.165, 1.54) is 16.3 Å². The van der Waals surface area contributed by atoms with Gasteiger partial charge in [0.05, 0.1) is 14.2 Å². The summed E-state index contributed by atoms with van der Waals surface area (Å²) in [4.78, 5) is 0. The van der Waals surface area contributed by atoms with Crippen LogP contribution < -0.4 is 14.8 Å². The Morgan fingerprint density at radius 2 is 1.71 bits per heavy atom. The highest BCUT2D eigenvalue weighted by Crippen LogP contribution is 2.27. The second kappa shape index (κ2) is 7.37. The number of nitrogens with one attached hydrogen (secondary N) is 1. The highest BCUT2D eigenvalue weighted by molar-refractivity contribution is 5.86. The lowest BCUT2D eigenvalue weighted by Gasteiger charge is -2.18. The molecule has 0 aromatic heterocycles. The third kappa shape index (κ3) is 3.36. The number of rotatable bonds is 6. The van der Waals surface area contributed by atoms with E-state index in [9.17, 15) is 0 Å². The lowest BCUT2D eigenvalue weighted by molar-refractivity contribution is 0.395. The largest absolute Gasteiger partial charge is 0.497 e. The van der Waals surface area contributed by atoms with Gasteiger partial charge in [-0.15, -0.1) is 0 Å². The average Bonchev–Trinajstić information content (AvgIpc) is 2.65. The lowest BCUT2D eigenvalue weighted by atomic mass is 9.99. The van der Waals surface area contributed by atoms with Gasteiger partial charge in [-0.2, -0.15) is 0 Å². The van der Waals surface area contributed by atoms with Crippen LogP contribution in [0.3, 0.4) is 0 Å². The van der Waals surface area contributed by atoms with Crippen molar-refractivity contribution in [1.82, 2.24) is 5.32 Å². The Bertz CT molecular complexity index is 824. The van der Waals surface area contributed by atoms with Crippen LogP contribution in [-0.2, 0) is 6.54 Å². The first-order valence-electron chi connectivity index (χ1n) is 8.15. The standard InChI is InChI=1S/C21H23NO2/c1-15(19-10-6-8-16-7-4-5-9-20(16)19)22-14-17-13-18(23-2)11-12-21(17)24-3/h4-13,15,22H,14H2,1-3H3/t15-/m0/s1. The molecule has 0 spiro atoms. The fourth-order valence-corrected chi connectivity index (χ4v) is 3.02. The van der Waals surface area contributed by atoms with Crippen LogP contribution in [0.1, 0.15) is 24.1 Å². The number of ether oxygens (including phenoxy) is 2. The normalized spacial score (nSPS) is 12.1. The van der Waals surface area contributed by atoms with Crippen molar-refractivity contribution in [3.05, 3.63) is 71.8 Å². The lowest BCUT2D eigenvalue weighted by Crippen LogP contribution is -2.18. The van der Waals surface area contributed by atoms with Crippen LogP contribution in [0.15, 0.2) is 60.7 Å². The van der Waals surface area contributed by atoms with Gasteiger partial charge in [0.1, 0.15) is 11.5 Å². The SMILES string of the molecule is COc1ccc(OC)c(CN[C@@H](C)c2cccc3ccccc23)c1. The molecule has 1 atom stereocenters. The molecule has 3 aromatic rings. The van der Waals surface area contributed by atoms with Gasteiger partial charge in [-0.1, -0.05) is 42.5 Å². The maximum absolute atomic E-state index is 5.46. The third-order valence-corrected chi connectivity index (χ3v) is 4.38. The second-order valence-electron chi connectivity index (χ2n) is 5.85. The van der Waals surface area contributed by atoms with E-state index in [1.807, 2.05) is 18.2 Å². The van der Waals surface area contributed by atoms with Gasteiger partial charge in [0.25, 0.3) is 0 Å². The van der Waals surface area contributed by atoms with Crippen LogP contribution in [0.25, 0.3) is 10.8 Å². The molecule has 0 unspecified atom stereocenters. The van der Waals surface area contributed by atoms with E-state index in [2.05, 4.69) is 54.7 Å². The molecule has 3 aromatic carbocycles. The van der Waals surface area contributed by atoms with Crippen LogP contribution in [0.2, 0.25) is 0 Å². The maximum Gasteiger partial charge on any atom is 0.123 e. The molecular formula is C21H23NO2. The summed E-state index contributed by atoms with van der Waals surface area (Å²) >= 11 is 0. The summed E-state index contributed by atoms with van der Waals surface area (Å²) in [6, 6.07) is 21.0. The van der Waals surface area contributed by atoms with Crippen molar-refractivity contribution in [3.63, 3.8) is 0 Å². The van der Waals surface area contributed by atoms with E-state index < -0.39 is 0 Å². The van der Waals surface area contributed by atoms with Crippen molar-refractivity contribution in [2.24, 2.45) is 0 Å². The first-order valence-corrected chi connectivity index (χ1v) is 8.15. The molecule has 1 N–H and O–H groups in total. The van der Waals surface area contributed by atoms with E-state index in [1.54, 1.807) is 14.2 Å². The molecule has 0 radical (unpaired) electrons. The van der Waals surface area contributed by atoms with Gasteiger partial charge < -0.3 is 14.8 Å². The zero-order valence-electron chi connectivity index (χ0n) is 14.4. The Kier molecular flexibility index (Phi) is 5.02. The molecule has 0 amide bonds. The predicted octanol–water partition coefficient (Wildman–Crippen LogP) is 4.71. The van der Waals surface area contributed by atoms with Gasteiger partial charge in [0.2, 0.25) is 0 Å². The molecule has 0 aliphatic rings. The van der Waals surface area contributed by atoms with Crippen LogP contribution in [0, 0.1) is 0 Å². The quantitative estimate of drug-likeness (QED) is 0.713. The fourth-order valence-electron chi connectivity index (χ4n) is 3.02. The maximum atomic E-state index is 5.46. The van der Waals surface area contributed by atoms with Gasteiger partial charge in [0, 0.05) is 18.2 Å². The predicted molar refractivity (Wildman–Crippen MR) is 98.7 cm³/mol. The highest BCUT2D eigenvalue weighted by atomic mass is 16.5. The van der Waals surface area contributed by atoms with E-state index in [4.69, 9.17) is 9.47 Å². The van der Waals surface area contributed by atoms with Crippen LogP contribution in [0.4, 0.5) is 0 Å². The Hall–Kier alpha value is -2.52. The van der Waals surface area contributed by atoms with Crippen LogP contribution >= 0.6 is 0 Å². The minimum absolute atomic E-state index is 0.229. The van der Waals surface area contributed by atoms with Gasteiger partial charge in [-0.3, -0.25) is 0 Å². The van der Waals surface area contributed by atoms with E-state index in [0.29, 0.717) is 6.54 Å². The van der Waals surface area contributed by atoms with Crippen molar-refractivity contribution in [2.45, 2.75) is 19.5 Å². The van der Waals surface area contributed by atoms with Gasteiger partial charge in [-0.25, -0.2) is 0 Å². The molecule has 124 valence electrons. The van der Waals surface area contributed by atoms with Crippen molar-refractivity contribution >= 4 is 10.8 Å². The van der Waals surface area contributed by atoms with Gasteiger partial charge >= 0.3 is 0 Å². The van der Waals surface area contributed by atoms with Crippen LogP contribution in [0.5, 0.6) is 11.5 Å². The zero-order chi connectivity index (χ0) is 16.9. The Morgan fingerprint density at radius 3 is 2.50 bits per heavy atom. The summed E-state index contributed by atoms with van der Waals surface area (Å²) in [6.07, 6.45) is 0. The minimum Gasteiger partial charge on any atom is -0.497 e. The van der Waals surface area contributed by atoms with Crippen molar-refractivity contribution in [2.75, 3.05) is 14.2 Å². The molecular weight excluding hydrogens is 298 g/mol. The molecule has 0 bridgehead atoms. The monoisotopic (exact) mass is 321 g/mol. The van der Waals surface area contributed by atoms with Crippen molar-refractivity contribution < 1.29 is 9.47 Å². The van der Waals surface area contributed by atoms with Crippen molar-refractivity contribution in [1.29, 1.82) is 0 Å². The van der Waals surface area contributed by atoms with Crippen LogP contribution in [-0.4, -0.2) is 14.2 Å². The molecule has 0 aliphatic heterocycles. The Balaban J connectivity index is 1.81. The first-order chi connectivity index (χ1) is 11.7. The highest BCUT2D eigenvalue weighted by Gasteiger charge is 2.11. The molecule has 3 nitrogen and oxygen atoms in total. The number of hydrogen-bond acceptors (Lipinski definition) is 3. The number of hydrogen-bond donors (Lipinski definition) is 1. The summed E-state index contributed by atoms with van der Waals surface area (Å²) in [5.41, 5.74) is 2.39. The average molecular weight is 321 g/mol. The molecule has 0 saturated heterocycles. The summed E-state index contributed by atoms with van der Waals surface area (Å²) < 4.78 is 10.8. The molecule has 0 heterocycles. The number of benzene rings is 3. The third-order valence-electron chi connectivity index (χ3n) is 4.38. The molecule has 3 heteroatoms. The van der Waals surface area contributed by atoms with Gasteiger partial charge in [-0.05, 0) is 41.5 Å². The molecule has 24 heavy (non-hydrogen) atoms. The molecule has 0 saturated carbocycles. The molecule has 3 rings (SSSR count). The minimum atomic E-state index is 0.229. The molecule has 0 fully saturated rings. The van der Waals surface area contributed by atoms with E-state index in [-0.39, 0.29) is 6.04 Å². The van der Waals surface area contributed by atoms with Crippen molar-refractivity contribution in [3.8, 4) is 11.5 Å². The Labute approximate surface area is 143 Å². The first kappa shape index (κ1) is 16.3. The summed E-state index contributed by atoms with van der Waals surface area (Å²) in [5.74, 6) is 1.71. The number of methoxy groups -OCH3 is 2. The summed E-state index contributed by atoms with van der Waals surface area (Å²) in [6.45, 7) is 2.90. The van der Waals surface area contributed by atoms with E-state index in [0.717, 1.165) is 17.1 Å². The molecule has 0 aliphatic carbocycles. The smallest absolute Gasteiger partial charge is 0.123 e. The summed E-state index contributed by atoms with van der Waals surface area (Å²) in [5, 5.41) is 6.15. The fraction of sp³-hybridized carbons (Fsp3) is 0.238. The number of fused-ring (bicyclic) bond motifs is 1. The van der Waals surface area contributed by atoms with E-state index >= 15 is 0 Å². The Morgan fingerprint density at radius 1 is 0.917 bits per heavy atom. The summed E-state index contributed by atoms with van der Waals surface area (Å²) in [7, 11) is 3.37. The van der Waals surface area contributed by atoms with Gasteiger partial charge in [0.15, 0.2) is 0 Å². The zero-order valence-corrected chi connectivity index (χ0v) is 14.4. The topological polar surface area (TPSA) is 30.5 Å².